The number of hydrogen-bond donors (Lipinski definition) is 0. The molecule has 0 bridgehead atoms. The molecule has 2 aromatic rings. The van der Waals surface area contributed by atoms with Gasteiger partial charge in [-0.3, -0.25) is 0 Å². The van der Waals surface area contributed by atoms with E-state index < -0.39 is 5.97 Å². The minimum Gasteiger partial charge on any atom is -0.497 e. The molecule has 0 fully saturated rings. The van der Waals surface area contributed by atoms with Crippen LogP contribution in [0.25, 0.3) is 11.3 Å². The van der Waals surface area contributed by atoms with Crippen molar-refractivity contribution in [3.8, 4) is 23.1 Å². The van der Waals surface area contributed by atoms with Gasteiger partial charge in [-0.1, -0.05) is 12.1 Å². The molecular weight excluding hydrogens is 312 g/mol. The number of methoxy groups -OCH3 is 1. The number of ether oxygens (including phenoxy) is 2. The van der Waals surface area contributed by atoms with Crippen molar-refractivity contribution < 1.29 is 14.3 Å². The van der Waals surface area contributed by atoms with E-state index in [9.17, 15) is 10.1 Å². The van der Waals surface area contributed by atoms with Crippen molar-refractivity contribution in [1.82, 2.24) is 4.98 Å². The van der Waals surface area contributed by atoms with E-state index in [2.05, 4.69) is 11.1 Å². The molecule has 0 saturated heterocycles. The summed E-state index contributed by atoms with van der Waals surface area (Å²) >= 11 is 1.36. The van der Waals surface area contributed by atoms with Gasteiger partial charge in [-0.15, -0.1) is 11.8 Å². The molecule has 2 rings (SSSR count). The van der Waals surface area contributed by atoms with E-state index in [1.807, 2.05) is 24.5 Å². The lowest BCUT2D eigenvalue weighted by Gasteiger charge is -2.12. The van der Waals surface area contributed by atoms with Crippen LogP contribution in [0.15, 0.2) is 35.4 Å². The molecule has 1 heterocycles. The maximum atomic E-state index is 12.3. The minimum absolute atomic E-state index is 0.253. The second-order valence-electron chi connectivity index (χ2n) is 4.51. The van der Waals surface area contributed by atoms with E-state index in [1.54, 1.807) is 20.1 Å². The van der Waals surface area contributed by atoms with Gasteiger partial charge in [-0.05, 0) is 31.4 Å². The first kappa shape index (κ1) is 16.8. The lowest BCUT2D eigenvalue weighted by Crippen LogP contribution is -2.09. The molecule has 118 valence electrons. The van der Waals surface area contributed by atoms with Crippen LogP contribution in [0, 0.1) is 11.3 Å². The quantitative estimate of drug-likeness (QED) is 0.617. The lowest BCUT2D eigenvalue weighted by molar-refractivity contribution is 0.0526. The first-order chi connectivity index (χ1) is 11.1. The van der Waals surface area contributed by atoms with Gasteiger partial charge in [0.05, 0.1) is 30.5 Å². The smallest absolute Gasteiger partial charge is 0.340 e. The highest BCUT2D eigenvalue weighted by Crippen LogP contribution is 2.30. The molecule has 0 radical (unpaired) electrons. The molecule has 0 amide bonds. The van der Waals surface area contributed by atoms with Gasteiger partial charge in [0.15, 0.2) is 0 Å². The highest BCUT2D eigenvalue weighted by Gasteiger charge is 2.19. The Kier molecular flexibility index (Phi) is 5.61. The van der Waals surface area contributed by atoms with E-state index in [0.717, 1.165) is 5.56 Å². The minimum atomic E-state index is -0.498. The van der Waals surface area contributed by atoms with Crippen LogP contribution < -0.4 is 4.74 Å². The Balaban J connectivity index is 2.68. The Hall–Kier alpha value is -2.52. The van der Waals surface area contributed by atoms with Crippen LogP contribution in [-0.2, 0) is 4.74 Å². The van der Waals surface area contributed by atoms with Crippen LogP contribution in [0.1, 0.15) is 22.8 Å². The number of benzene rings is 1. The average Bonchev–Trinajstić information content (AvgIpc) is 2.60. The third-order valence-corrected chi connectivity index (χ3v) is 3.84. The SMILES string of the molecule is CCOC(=O)c1cc(C#N)c(SC)nc1-c1cccc(OC)c1. The predicted octanol–water partition coefficient (Wildman–Crippen LogP) is 3.53. The van der Waals surface area contributed by atoms with Crippen LogP contribution in [0.2, 0.25) is 0 Å². The van der Waals surface area contributed by atoms with Crippen LogP contribution in [0.5, 0.6) is 5.75 Å². The van der Waals surface area contributed by atoms with Gasteiger partial charge in [0.2, 0.25) is 0 Å². The third-order valence-electron chi connectivity index (χ3n) is 3.14. The fourth-order valence-electron chi connectivity index (χ4n) is 2.09. The molecule has 6 heteroatoms. The van der Waals surface area contributed by atoms with Crippen molar-refractivity contribution in [3.63, 3.8) is 0 Å². The third kappa shape index (κ3) is 3.63. The Morgan fingerprint density at radius 3 is 2.78 bits per heavy atom. The molecule has 0 atom stereocenters. The first-order valence-corrected chi connectivity index (χ1v) is 8.17. The van der Waals surface area contributed by atoms with Crippen molar-refractivity contribution >= 4 is 17.7 Å². The number of esters is 1. The standard InChI is InChI=1S/C17H16N2O3S/c1-4-22-17(20)14-9-12(10-18)16(23-3)19-15(14)11-6-5-7-13(8-11)21-2/h5-9H,4H2,1-3H3. The van der Waals surface area contributed by atoms with Gasteiger partial charge in [0, 0.05) is 5.56 Å². The summed E-state index contributed by atoms with van der Waals surface area (Å²) in [5, 5.41) is 9.82. The summed E-state index contributed by atoms with van der Waals surface area (Å²) in [6.45, 7) is 1.99. The number of carbonyl (C=O) groups is 1. The first-order valence-electron chi connectivity index (χ1n) is 6.95. The molecule has 0 aliphatic rings. The van der Waals surface area contributed by atoms with E-state index in [1.165, 1.54) is 17.8 Å². The van der Waals surface area contributed by atoms with Gasteiger partial charge >= 0.3 is 5.97 Å². The number of pyridine rings is 1. The number of hydrogen-bond acceptors (Lipinski definition) is 6. The Morgan fingerprint density at radius 2 is 2.17 bits per heavy atom. The topological polar surface area (TPSA) is 72.2 Å². The van der Waals surface area contributed by atoms with Crippen LogP contribution >= 0.6 is 11.8 Å². The molecule has 0 saturated carbocycles. The molecule has 0 N–H and O–H groups in total. The van der Waals surface area contributed by atoms with Gasteiger partial charge in [0.25, 0.3) is 0 Å². The zero-order valence-electron chi connectivity index (χ0n) is 13.1. The fraction of sp³-hybridized carbons (Fsp3) is 0.235. The normalized spacial score (nSPS) is 10.0. The predicted molar refractivity (Wildman–Crippen MR) is 88.7 cm³/mol. The Morgan fingerprint density at radius 1 is 1.39 bits per heavy atom. The van der Waals surface area contributed by atoms with Crippen molar-refractivity contribution in [1.29, 1.82) is 5.26 Å². The zero-order chi connectivity index (χ0) is 16.8. The molecule has 0 aliphatic carbocycles. The van der Waals surface area contributed by atoms with Crippen LogP contribution in [0.4, 0.5) is 0 Å². The molecule has 0 spiro atoms. The number of aromatic nitrogens is 1. The van der Waals surface area contributed by atoms with Crippen molar-refractivity contribution in [2.24, 2.45) is 0 Å². The number of carbonyl (C=O) groups excluding carboxylic acids is 1. The second kappa shape index (κ2) is 7.65. The average molecular weight is 328 g/mol. The molecule has 5 nitrogen and oxygen atoms in total. The number of thioether (sulfide) groups is 1. The summed E-state index contributed by atoms with van der Waals surface area (Å²) in [5.41, 5.74) is 1.83. The molecule has 0 aliphatic heterocycles. The summed E-state index contributed by atoms with van der Waals surface area (Å²) in [4.78, 5) is 16.7. The van der Waals surface area contributed by atoms with E-state index >= 15 is 0 Å². The highest BCUT2D eigenvalue weighted by molar-refractivity contribution is 7.98. The van der Waals surface area contributed by atoms with Gasteiger partial charge in [0.1, 0.15) is 16.8 Å². The lowest BCUT2D eigenvalue weighted by atomic mass is 10.0. The second-order valence-corrected chi connectivity index (χ2v) is 5.30. The van der Waals surface area contributed by atoms with Gasteiger partial charge < -0.3 is 9.47 Å². The summed E-state index contributed by atoms with van der Waals surface area (Å²) in [7, 11) is 1.57. The molecule has 23 heavy (non-hydrogen) atoms. The maximum absolute atomic E-state index is 12.3. The molecule has 0 unspecified atom stereocenters. The summed E-state index contributed by atoms with van der Waals surface area (Å²) in [6.07, 6.45) is 1.84. The van der Waals surface area contributed by atoms with E-state index in [-0.39, 0.29) is 12.2 Å². The summed E-state index contributed by atoms with van der Waals surface area (Å²) in [6, 6.07) is 10.9. The fourth-order valence-corrected chi connectivity index (χ4v) is 2.59. The highest BCUT2D eigenvalue weighted by atomic mass is 32.2. The summed E-state index contributed by atoms with van der Waals surface area (Å²) in [5.74, 6) is 0.163. The number of nitrogens with zero attached hydrogens (tertiary/aromatic N) is 2. The van der Waals surface area contributed by atoms with Crippen LogP contribution in [-0.4, -0.2) is 30.9 Å². The van der Waals surface area contributed by atoms with Crippen molar-refractivity contribution in [2.75, 3.05) is 20.0 Å². The molecule has 1 aromatic heterocycles. The summed E-state index contributed by atoms with van der Waals surface area (Å²) < 4.78 is 10.3. The number of nitriles is 1. The Labute approximate surface area is 139 Å². The number of rotatable bonds is 5. The Bertz CT molecular complexity index is 769. The van der Waals surface area contributed by atoms with Crippen molar-refractivity contribution in [3.05, 3.63) is 41.5 Å². The van der Waals surface area contributed by atoms with Gasteiger partial charge in [-0.2, -0.15) is 5.26 Å². The van der Waals surface area contributed by atoms with Crippen molar-refractivity contribution in [2.45, 2.75) is 11.9 Å². The van der Waals surface area contributed by atoms with E-state index in [0.29, 0.717) is 22.0 Å². The largest absolute Gasteiger partial charge is 0.497 e. The molecular formula is C17H16N2O3S. The maximum Gasteiger partial charge on any atom is 0.340 e. The monoisotopic (exact) mass is 328 g/mol. The molecule has 1 aromatic carbocycles. The zero-order valence-corrected chi connectivity index (χ0v) is 13.9. The van der Waals surface area contributed by atoms with Crippen LogP contribution in [0.3, 0.4) is 0 Å². The van der Waals surface area contributed by atoms with E-state index in [4.69, 9.17) is 9.47 Å². The van der Waals surface area contributed by atoms with Gasteiger partial charge in [-0.25, -0.2) is 9.78 Å².